The fourth-order valence-electron chi connectivity index (χ4n) is 2.34. The standard InChI is InChI=1S/C17H16N2O/c1-11-9-14(12(2)20)8-7-13(11)10-17-18-15-5-3-4-6-16(15)19-17/h3-9,20H,2,10H2,1H3,(H,18,19). The SMILES string of the molecule is C=C(O)c1ccc(Cc2nc3ccccc3[nH]2)c(C)c1. The first-order valence-electron chi connectivity index (χ1n) is 6.55. The molecule has 3 heteroatoms. The molecule has 0 unspecified atom stereocenters. The molecule has 1 heterocycles. The summed E-state index contributed by atoms with van der Waals surface area (Å²) in [7, 11) is 0. The predicted octanol–water partition coefficient (Wildman–Crippen LogP) is 3.99. The van der Waals surface area contributed by atoms with Gasteiger partial charge in [-0.25, -0.2) is 4.98 Å². The van der Waals surface area contributed by atoms with E-state index in [1.807, 2.05) is 49.4 Å². The molecule has 2 N–H and O–H groups in total. The number of nitrogens with zero attached hydrogens (tertiary/aromatic N) is 1. The number of aromatic amines is 1. The summed E-state index contributed by atoms with van der Waals surface area (Å²) < 4.78 is 0. The van der Waals surface area contributed by atoms with Crippen LogP contribution < -0.4 is 0 Å². The summed E-state index contributed by atoms with van der Waals surface area (Å²) in [5.41, 5.74) is 5.11. The Morgan fingerprint density at radius 3 is 2.75 bits per heavy atom. The molecule has 0 saturated carbocycles. The van der Waals surface area contributed by atoms with Crippen molar-refractivity contribution in [2.24, 2.45) is 0 Å². The summed E-state index contributed by atoms with van der Waals surface area (Å²) >= 11 is 0. The summed E-state index contributed by atoms with van der Waals surface area (Å²) in [5, 5.41) is 9.41. The van der Waals surface area contributed by atoms with Gasteiger partial charge in [0.2, 0.25) is 0 Å². The van der Waals surface area contributed by atoms with Crippen LogP contribution >= 0.6 is 0 Å². The maximum Gasteiger partial charge on any atom is 0.115 e. The van der Waals surface area contributed by atoms with Gasteiger partial charge in [-0.3, -0.25) is 0 Å². The Kier molecular flexibility index (Phi) is 3.03. The molecule has 0 radical (unpaired) electrons. The molecule has 0 aliphatic heterocycles. The second-order valence-corrected chi connectivity index (χ2v) is 4.97. The molecule has 0 atom stereocenters. The van der Waals surface area contributed by atoms with E-state index >= 15 is 0 Å². The highest BCUT2D eigenvalue weighted by atomic mass is 16.3. The van der Waals surface area contributed by atoms with Gasteiger partial charge in [-0.1, -0.05) is 30.8 Å². The van der Waals surface area contributed by atoms with Crippen molar-refractivity contribution in [3.63, 3.8) is 0 Å². The molecule has 3 aromatic rings. The van der Waals surface area contributed by atoms with Crippen molar-refractivity contribution < 1.29 is 5.11 Å². The highest BCUT2D eigenvalue weighted by Crippen LogP contribution is 2.19. The highest BCUT2D eigenvalue weighted by Gasteiger charge is 2.06. The molecule has 100 valence electrons. The number of nitrogens with one attached hydrogen (secondary N) is 1. The fourth-order valence-corrected chi connectivity index (χ4v) is 2.34. The molecule has 3 rings (SSSR count). The maximum absolute atomic E-state index is 9.41. The largest absolute Gasteiger partial charge is 0.508 e. The highest BCUT2D eigenvalue weighted by molar-refractivity contribution is 5.74. The number of imidazole rings is 1. The lowest BCUT2D eigenvalue weighted by atomic mass is 10.0. The van der Waals surface area contributed by atoms with Crippen LogP contribution in [0.3, 0.4) is 0 Å². The molecule has 2 aromatic carbocycles. The number of aryl methyl sites for hydroxylation is 1. The van der Waals surface area contributed by atoms with Crippen LogP contribution in [0.4, 0.5) is 0 Å². The van der Waals surface area contributed by atoms with Crippen molar-refractivity contribution in [3.8, 4) is 0 Å². The third-order valence-corrected chi connectivity index (χ3v) is 3.47. The smallest absolute Gasteiger partial charge is 0.115 e. The first-order valence-corrected chi connectivity index (χ1v) is 6.55. The maximum atomic E-state index is 9.41. The van der Waals surface area contributed by atoms with Crippen molar-refractivity contribution in [1.82, 2.24) is 9.97 Å². The minimum absolute atomic E-state index is 0.100. The summed E-state index contributed by atoms with van der Waals surface area (Å²) in [4.78, 5) is 7.91. The molecular formula is C17H16N2O. The van der Waals surface area contributed by atoms with Crippen molar-refractivity contribution >= 4 is 16.8 Å². The van der Waals surface area contributed by atoms with E-state index in [0.717, 1.165) is 34.4 Å². The van der Waals surface area contributed by atoms with Crippen LogP contribution in [-0.2, 0) is 6.42 Å². The third-order valence-electron chi connectivity index (χ3n) is 3.47. The van der Waals surface area contributed by atoms with E-state index in [9.17, 15) is 5.11 Å². The number of benzene rings is 2. The Morgan fingerprint density at radius 2 is 2.05 bits per heavy atom. The third kappa shape index (κ3) is 2.30. The van der Waals surface area contributed by atoms with Gasteiger partial charge in [0.05, 0.1) is 11.0 Å². The zero-order chi connectivity index (χ0) is 14.1. The molecule has 0 spiro atoms. The Balaban J connectivity index is 1.92. The van der Waals surface area contributed by atoms with Crippen molar-refractivity contribution in [2.75, 3.05) is 0 Å². The molecule has 0 aliphatic rings. The van der Waals surface area contributed by atoms with Gasteiger partial charge < -0.3 is 10.1 Å². The quantitative estimate of drug-likeness (QED) is 0.703. The van der Waals surface area contributed by atoms with Crippen LogP contribution in [0.25, 0.3) is 16.8 Å². The minimum Gasteiger partial charge on any atom is -0.508 e. The van der Waals surface area contributed by atoms with Crippen LogP contribution in [0.5, 0.6) is 0 Å². The van der Waals surface area contributed by atoms with Crippen molar-refractivity contribution in [3.05, 3.63) is 71.6 Å². The Labute approximate surface area is 117 Å². The molecule has 0 aliphatic carbocycles. The number of aliphatic hydroxyl groups is 1. The number of H-pyrrole nitrogens is 1. The lowest BCUT2D eigenvalue weighted by molar-refractivity contribution is 0.513. The van der Waals surface area contributed by atoms with E-state index in [-0.39, 0.29) is 5.76 Å². The van der Waals surface area contributed by atoms with E-state index in [1.165, 1.54) is 5.56 Å². The number of hydrogen-bond donors (Lipinski definition) is 2. The molecular weight excluding hydrogens is 248 g/mol. The molecule has 1 aromatic heterocycles. The van der Waals surface area contributed by atoms with Crippen molar-refractivity contribution in [2.45, 2.75) is 13.3 Å². The molecule has 3 nitrogen and oxygen atoms in total. The van der Waals surface area contributed by atoms with Crippen LogP contribution in [-0.4, -0.2) is 15.1 Å². The molecule has 0 bridgehead atoms. The van der Waals surface area contributed by atoms with E-state index in [0.29, 0.717) is 0 Å². The topological polar surface area (TPSA) is 48.9 Å². The van der Waals surface area contributed by atoms with Crippen LogP contribution in [0.15, 0.2) is 49.0 Å². The van der Waals surface area contributed by atoms with Gasteiger partial charge in [0.1, 0.15) is 11.6 Å². The van der Waals surface area contributed by atoms with E-state index in [1.54, 1.807) is 0 Å². The van der Waals surface area contributed by atoms with Gasteiger partial charge >= 0.3 is 0 Å². The van der Waals surface area contributed by atoms with Crippen LogP contribution in [0.2, 0.25) is 0 Å². The molecule has 0 saturated heterocycles. The lowest BCUT2D eigenvalue weighted by Crippen LogP contribution is -1.95. The minimum atomic E-state index is 0.100. The summed E-state index contributed by atoms with van der Waals surface area (Å²) in [6.07, 6.45) is 0.749. The number of fused-ring (bicyclic) bond motifs is 1. The second kappa shape index (κ2) is 4.85. The predicted molar refractivity (Wildman–Crippen MR) is 81.7 cm³/mol. The second-order valence-electron chi connectivity index (χ2n) is 4.97. The molecule has 0 fully saturated rings. The van der Waals surface area contributed by atoms with E-state index in [2.05, 4.69) is 16.5 Å². The zero-order valence-corrected chi connectivity index (χ0v) is 11.4. The number of para-hydroxylation sites is 2. The average molecular weight is 264 g/mol. The number of rotatable bonds is 3. The fraction of sp³-hybridized carbons (Fsp3) is 0.118. The summed E-state index contributed by atoms with van der Waals surface area (Å²) in [5.74, 6) is 1.05. The Morgan fingerprint density at radius 1 is 1.25 bits per heavy atom. The lowest BCUT2D eigenvalue weighted by Gasteiger charge is -2.06. The van der Waals surface area contributed by atoms with Crippen LogP contribution in [0.1, 0.15) is 22.5 Å². The zero-order valence-electron chi connectivity index (χ0n) is 11.4. The normalized spacial score (nSPS) is 10.8. The van der Waals surface area contributed by atoms with Gasteiger partial charge in [0.25, 0.3) is 0 Å². The van der Waals surface area contributed by atoms with Gasteiger partial charge in [-0.2, -0.15) is 0 Å². The molecule has 0 amide bonds. The van der Waals surface area contributed by atoms with Gasteiger partial charge in [0, 0.05) is 12.0 Å². The van der Waals surface area contributed by atoms with Gasteiger partial charge in [-0.05, 0) is 36.2 Å². The monoisotopic (exact) mass is 264 g/mol. The summed E-state index contributed by atoms with van der Waals surface area (Å²) in [6.45, 7) is 5.58. The number of aliphatic hydroxyl groups excluding tert-OH is 1. The number of aromatic nitrogens is 2. The average Bonchev–Trinajstić information content (AvgIpc) is 2.83. The summed E-state index contributed by atoms with van der Waals surface area (Å²) in [6, 6.07) is 13.8. The van der Waals surface area contributed by atoms with Gasteiger partial charge in [-0.15, -0.1) is 0 Å². The first kappa shape index (κ1) is 12.5. The van der Waals surface area contributed by atoms with Crippen LogP contribution in [0, 0.1) is 6.92 Å². The Bertz CT molecular complexity index is 754. The van der Waals surface area contributed by atoms with E-state index < -0.39 is 0 Å². The number of hydrogen-bond acceptors (Lipinski definition) is 2. The van der Waals surface area contributed by atoms with E-state index in [4.69, 9.17) is 0 Å². The van der Waals surface area contributed by atoms with Gasteiger partial charge in [0.15, 0.2) is 0 Å². The molecule has 20 heavy (non-hydrogen) atoms. The first-order chi connectivity index (χ1) is 9.63. The Hall–Kier alpha value is -2.55. The van der Waals surface area contributed by atoms with Crippen molar-refractivity contribution in [1.29, 1.82) is 0 Å².